The Balaban J connectivity index is 1.45. The Morgan fingerprint density at radius 3 is 2.52 bits per heavy atom. The smallest absolute Gasteiger partial charge is 0.272 e. The van der Waals surface area contributed by atoms with Crippen molar-refractivity contribution >= 4 is 28.3 Å². The summed E-state index contributed by atoms with van der Waals surface area (Å²) in [5.41, 5.74) is 2.99. The SMILES string of the molecule is O=C(NCc1ccccc1)c1ccc(Nc2cccc3cccnc23)nn1. The summed E-state index contributed by atoms with van der Waals surface area (Å²) in [6, 6.07) is 22.9. The second kappa shape index (κ2) is 7.61. The molecule has 4 aromatic rings. The van der Waals surface area contributed by atoms with Gasteiger partial charge in [-0.25, -0.2) is 0 Å². The third-order valence-electron chi connectivity index (χ3n) is 4.09. The third kappa shape index (κ3) is 3.90. The van der Waals surface area contributed by atoms with Gasteiger partial charge in [0.25, 0.3) is 5.91 Å². The fraction of sp³-hybridized carbons (Fsp3) is 0.0476. The maximum absolute atomic E-state index is 12.2. The first-order valence-corrected chi connectivity index (χ1v) is 8.56. The quantitative estimate of drug-likeness (QED) is 0.571. The second-order valence-corrected chi connectivity index (χ2v) is 5.98. The van der Waals surface area contributed by atoms with Gasteiger partial charge in [-0.05, 0) is 29.8 Å². The number of hydrogen-bond donors (Lipinski definition) is 2. The Kier molecular flexibility index (Phi) is 4.70. The van der Waals surface area contributed by atoms with Crippen molar-refractivity contribution in [3.05, 3.63) is 90.3 Å². The summed E-state index contributed by atoms with van der Waals surface area (Å²) in [6.45, 7) is 0.447. The number of fused-ring (bicyclic) bond motifs is 1. The standard InChI is InChI=1S/C21H17N5O/c27-21(23-14-15-6-2-1-3-7-15)18-11-12-19(26-25-18)24-17-10-4-8-16-9-5-13-22-20(16)17/h1-13H,14H2,(H,23,27)(H,24,26). The van der Waals surface area contributed by atoms with E-state index in [0.29, 0.717) is 12.4 Å². The van der Waals surface area contributed by atoms with E-state index in [1.165, 1.54) is 0 Å². The third-order valence-corrected chi connectivity index (χ3v) is 4.09. The number of amides is 1. The van der Waals surface area contributed by atoms with Crippen LogP contribution in [0.4, 0.5) is 11.5 Å². The maximum Gasteiger partial charge on any atom is 0.272 e. The zero-order chi connectivity index (χ0) is 18.5. The van der Waals surface area contributed by atoms with Crippen LogP contribution >= 0.6 is 0 Å². The molecule has 6 nitrogen and oxygen atoms in total. The Morgan fingerprint density at radius 1 is 0.852 bits per heavy atom. The lowest BCUT2D eigenvalue weighted by atomic mass is 10.2. The van der Waals surface area contributed by atoms with Gasteiger partial charge in [0.1, 0.15) is 0 Å². The number of benzene rings is 2. The van der Waals surface area contributed by atoms with Crippen LogP contribution in [0.25, 0.3) is 10.9 Å². The highest BCUT2D eigenvalue weighted by Crippen LogP contribution is 2.23. The van der Waals surface area contributed by atoms with E-state index < -0.39 is 0 Å². The number of nitrogens with one attached hydrogen (secondary N) is 2. The maximum atomic E-state index is 12.2. The number of para-hydroxylation sites is 1. The van der Waals surface area contributed by atoms with E-state index >= 15 is 0 Å². The lowest BCUT2D eigenvalue weighted by Gasteiger charge is -2.08. The molecule has 2 heterocycles. The van der Waals surface area contributed by atoms with Crippen molar-refractivity contribution < 1.29 is 4.79 Å². The average molecular weight is 355 g/mol. The van der Waals surface area contributed by atoms with Crippen LogP contribution in [0.5, 0.6) is 0 Å². The highest BCUT2D eigenvalue weighted by atomic mass is 16.1. The molecule has 0 aliphatic rings. The van der Waals surface area contributed by atoms with Crippen molar-refractivity contribution in [2.24, 2.45) is 0 Å². The van der Waals surface area contributed by atoms with Crippen LogP contribution in [0, 0.1) is 0 Å². The molecular weight excluding hydrogens is 338 g/mol. The van der Waals surface area contributed by atoms with Crippen molar-refractivity contribution in [1.82, 2.24) is 20.5 Å². The minimum absolute atomic E-state index is 0.260. The normalized spacial score (nSPS) is 10.5. The van der Waals surface area contributed by atoms with Crippen LogP contribution in [0.2, 0.25) is 0 Å². The van der Waals surface area contributed by atoms with E-state index in [-0.39, 0.29) is 11.6 Å². The van der Waals surface area contributed by atoms with Crippen LogP contribution in [0.3, 0.4) is 0 Å². The first-order chi connectivity index (χ1) is 13.3. The van der Waals surface area contributed by atoms with Crippen molar-refractivity contribution in [3.8, 4) is 0 Å². The number of aromatic nitrogens is 3. The molecule has 2 aromatic carbocycles. The summed E-state index contributed by atoms with van der Waals surface area (Å²) >= 11 is 0. The molecule has 0 unspecified atom stereocenters. The molecule has 2 N–H and O–H groups in total. The van der Waals surface area contributed by atoms with Crippen molar-refractivity contribution in [1.29, 1.82) is 0 Å². The minimum Gasteiger partial charge on any atom is -0.347 e. The molecule has 2 aromatic heterocycles. The Labute approximate surface area is 156 Å². The van der Waals surface area contributed by atoms with E-state index in [2.05, 4.69) is 25.8 Å². The van der Waals surface area contributed by atoms with Crippen LogP contribution in [-0.4, -0.2) is 21.1 Å². The summed E-state index contributed by atoms with van der Waals surface area (Å²) < 4.78 is 0. The van der Waals surface area contributed by atoms with E-state index in [0.717, 1.165) is 22.2 Å². The number of pyridine rings is 1. The molecule has 1 amide bonds. The zero-order valence-corrected chi connectivity index (χ0v) is 14.5. The molecule has 0 bridgehead atoms. The van der Waals surface area contributed by atoms with Crippen LogP contribution in [-0.2, 0) is 6.54 Å². The number of carbonyl (C=O) groups excluding carboxylic acids is 1. The highest BCUT2D eigenvalue weighted by molar-refractivity contribution is 5.93. The first-order valence-electron chi connectivity index (χ1n) is 8.56. The van der Waals surface area contributed by atoms with Gasteiger partial charge in [-0.3, -0.25) is 9.78 Å². The van der Waals surface area contributed by atoms with Gasteiger partial charge in [-0.15, -0.1) is 10.2 Å². The summed E-state index contributed by atoms with van der Waals surface area (Å²) in [7, 11) is 0. The second-order valence-electron chi connectivity index (χ2n) is 5.98. The molecule has 0 radical (unpaired) electrons. The number of anilines is 2. The lowest BCUT2D eigenvalue weighted by Crippen LogP contribution is -2.24. The Bertz CT molecular complexity index is 1060. The predicted octanol–water partition coefficient (Wildman–Crippen LogP) is 3.70. The summed E-state index contributed by atoms with van der Waals surface area (Å²) in [5.74, 6) is 0.289. The number of hydrogen-bond acceptors (Lipinski definition) is 5. The summed E-state index contributed by atoms with van der Waals surface area (Å²) in [6.07, 6.45) is 1.75. The van der Waals surface area contributed by atoms with Gasteiger partial charge in [0.15, 0.2) is 11.5 Å². The molecule has 0 aliphatic carbocycles. The first kappa shape index (κ1) is 16.7. The molecular formula is C21H17N5O. The van der Waals surface area contributed by atoms with Crippen LogP contribution in [0.15, 0.2) is 79.0 Å². The van der Waals surface area contributed by atoms with Crippen molar-refractivity contribution in [2.75, 3.05) is 5.32 Å². The molecule has 6 heteroatoms. The topological polar surface area (TPSA) is 79.8 Å². The van der Waals surface area contributed by atoms with Crippen molar-refractivity contribution in [2.45, 2.75) is 6.54 Å². The van der Waals surface area contributed by atoms with Crippen LogP contribution in [0.1, 0.15) is 16.1 Å². The van der Waals surface area contributed by atoms with E-state index in [1.807, 2.05) is 60.7 Å². The van der Waals surface area contributed by atoms with Gasteiger partial charge in [0, 0.05) is 18.1 Å². The van der Waals surface area contributed by atoms with Gasteiger partial charge in [-0.1, -0.05) is 48.5 Å². The number of nitrogens with zero attached hydrogens (tertiary/aromatic N) is 3. The predicted molar refractivity (Wildman–Crippen MR) is 105 cm³/mol. The Hall–Kier alpha value is -3.80. The van der Waals surface area contributed by atoms with Gasteiger partial charge < -0.3 is 10.6 Å². The Morgan fingerprint density at radius 2 is 1.70 bits per heavy atom. The van der Waals surface area contributed by atoms with Gasteiger partial charge in [-0.2, -0.15) is 0 Å². The fourth-order valence-electron chi connectivity index (χ4n) is 2.73. The average Bonchev–Trinajstić information content (AvgIpc) is 2.74. The van der Waals surface area contributed by atoms with Gasteiger partial charge >= 0.3 is 0 Å². The summed E-state index contributed by atoms with van der Waals surface area (Å²) in [5, 5.41) is 15.2. The largest absolute Gasteiger partial charge is 0.347 e. The molecule has 27 heavy (non-hydrogen) atoms. The minimum atomic E-state index is -0.260. The molecule has 0 spiro atoms. The molecule has 4 rings (SSSR count). The molecule has 0 saturated carbocycles. The summed E-state index contributed by atoms with van der Waals surface area (Å²) in [4.78, 5) is 16.6. The van der Waals surface area contributed by atoms with E-state index in [4.69, 9.17) is 0 Å². The van der Waals surface area contributed by atoms with Crippen LogP contribution < -0.4 is 10.6 Å². The zero-order valence-electron chi connectivity index (χ0n) is 14.5. The van der Waals surface area contributed by atoms with Crippen molar-refractivity contribution in [3.63, 3.8) is 0 Å². The molecule has 0 atom stereocenters. The van der Waals surface area contributed by atoms with Gasteiger partial charge in [0.2, 0.25) is 0 Å². The number of rotatable bonds is 5. The van der Waals surface area contributed by atoms with Gasteiger partial charge in [0.05, 0.1) is 11.2 Å². The fourth-order valence-corrected chi connectivity index (χ4v) is 2.73. The van der Waals surface area contributed by atoms with E-state index in [1.54, 1.807) is 18.3 Å². The van der Waals surface area contributed by atoms with E-state index in [9.17, 15) is 4.79 Å². The molecule has 0 saturated heterocycles. The molecule has 0 aliphatic heterocycles. The molecule has 0 fully saturated rings. The molecule has 132 valence electrons. The monoisotopic (exact) mass is 355 g/mol. The lowest BCUT2D eigenvalue weighted by molar-refractivity contribution is 0.0945. The number of carbonyl (C=O) groups is 1. The highest BCUT2D eigenvalue weighted by Gasteiger charge is 2.09.